The molecule has 0 bridgehead atoms. The summed E-state index contributed by atoms with van der Waals surface area (Å²) >= 11 is 4.00. The van der Waals surface area contributed by atoms with Gasteiger partial charge in [0.15, 0.2) is 0 Å². The van der Waals surface area contributed by atoms with Crippen LogP contribution in [0.1, 0.15) is 19.3 Å². The molecule has 0 spiro atoms. The predicted octanol–water partition coefficient (Wildman–Crippen LogP) is 1.74. The Labute approximate surface area is 136 Å². The normalized spacial score (nSPS) is 15.7. The molecular formula is C14H20N2O4S2. The summed E-state index contributed by atoms with van der Waals surface area (Å²) in [7, 11) is -2.14. The molecule has 2 rings (SSSR count). The molecule has 1 aromatic rings. The van der Waals surface area contributed by atoms with E-state index in [-0.39, 0.29) is 16.6 Å². The van der Waals surface area contributed by atoms with Crippen LogP contribution in [0.3, 0.4) is 0 Å². The molecule has 1 aromatic carbocycles. The molecule has 8 heteroatoms. The Morgan fingerprint density at radius 1 is 1.36 bits per heavy atom. The molecule has 0 atom stereocenters. The average molecular weight is 344 g/mol. The van der Waals surface area contributed by atoms with Gasteiger partial charge >= 0.3 is 0 Å². The van der Waals surface area contributed by atoms with E-state index in [0.717, 1.165) is 12.8 Å². The van der Waals surface area contributed by atoms with Gasteiger partial charge in [0, 0.05) is 31.3 Å². The molecule has 0 radical (unpaired) electrons. The van der Waals surface area contributed by atoms with E-state index in [4.69, 9.17) is 4.74 Å². The van der Waals surface area contributed by atoms with Crippen LogP contribution in [0.15, 0.2) is 23.1 Å². The standard InChI is InChI=1S/C14H20N2O4S2/c1-20-12-10-11(15-14(17)6-9-21)4-5-13(12)22(18,19)16-7-2-3-8-16/h4-5,10,21H,2-3,6-9H2,1H3,(H,15,17). The summed E-state index contributed by atoms with van der Waals surface area (Å²) in [4.78, 5) is 11.7. The number of nitrogens with zero attached hydrogens (tertiary/aromatic N) is 1. The number of ether oxygens (including phenoxy) is 1. The van der Waals surface area contributed by atoms with Crippen molar-refractivity contribution in [3.63, 3.8) is 0 Å². The van der Waals surface area contributed by atoms with Gasteiger partial charge in [-0.15, -0.1) is 0 Å². The van der Waals surface area contributed by atoms with E-state index >= 15 is 0 Å². The third kappa shape index (κ3) is 3.74. The molecule has 0 aliphatic carbocycles. The van der Waals surface area contributed by atoms with Crippen LogP contribution in [0.25, 0.3) is 0 Å². The largest absolute Gasteiger partial charge is 0.495 e. The van der Waals surface area contributed by atoms with E-state index in [2.05, 4.69) is 17.9 Å². The van der Waals surface area contributed by atoms with Crippen LogP contribution < -0.4 is 10.1 Å². The maximum Gasteiger partial charge on any atom is 0.246 e. The van der Waals surface area contributed by atoms with Crippen molar-refractivity contribution in [2.24, 2.45) is 0 Å². The Morgan fingerprint density at radius 3 is 2.64 bits per heavy atom. The number of rotatable bonds is 6. The third-order valence-electron chi connectivity index (χ3n) is 3.47. The van der Waals surface area contributed by atoms with Gasteiger partial charge in [-0.05, 0) is 30.7 Å². The molecule has 6 nitrogen and oxygen atoms in total. The first-order chi connectivity index (χ1) is 10.5. The van der Waals surface area contributed by atoms with Crippen molar-refractivity contribution in [1.29, 1.82) is 0 Å². The zero-order valence-electron chi connectivity index (χ0n) is 12.4. The number of nitrogens with one attached hydrogen (secondary N) is 1. The quantitative estimate of drug-likeness (QED) is 0.771. The highest BCUT2D eigenvalue weighted by Crippen LogP contribution is 2.31. The summed E-state index contributed by atoms with van der Waals surface area (Å²) < 4.78 is 31.9. The van der Waals surface area contributed by atoms with Gasteiger partial charge in [0.2, 0.25) is 15.9 Å². The number of sulfonamides is 1. The van der Waals surface area contributed by atoms with Crippen molar-refractivity contribution in [2.75, 3.05) is 31.3 Å². The molecule has 0 aromatic heterocycles. The first-order valence-electron chi connectivity index (χ1n) is 7.08. The fourth-order valence-electron chi connectivity index (χ4n) is 2.35. The van der Waals surface area contributed by atoms with Gasteiger partial charge in [0.05, 0.1) is 7.11 Å². The third-order valence-corrected chi connectivity index (χ3v) is 5.63. The molecule has 0 saturated carbocycles. The summed E-state index contributed by atoms with van der Waals surface area (Å²) in [5.41, 5.74) is 0.504. The number of hydrogen-bond acceptors (Lipinski definition) is 5. The number of thiol groups is 1. The van der Waals surface area contributed by atoms with Crippen LogP contribution in [0.2, 0.25) is 0 Å². The summed E-state index contributed by atoms with van der Waals surface area (Å²) in [6.07, 6.45) is 2.04. The number of carbonyl (C=O) groups excluding carboxylic acids is 1. The maximum atomic E-state index is 12.6. The van der Waals surface area contributed by atoms with Gasteiger partial charge in [-0.3, -0.25) is 4.79 Å². The SMILES string of the molecule is COc1cc(NC(=O)CCS)ccc1S(=O)(=O)N1CCCC1. The lowest BCUT2D eigenvalue weighted by Gasteiger charge is -2.18. The highest BCUT2D eigenvalue weighted by atomic mass is 32.2. The fourth-order valence-corrected chi connectivity index (χ4v) is 4.21. The van der Waals surface area contributed by atoms with Crippen LogP contribution >= 0.6 is 12.6 Å². The van der Waals surface area contributed by atoms with Crippen molar-refractivity contribution in [3.05, 3.63) is 18.2 Å². The van der Waals surface area contributed by atoms with E-state index in [1.165, 1.54) is 23.5 Å². The molecule has 1 saturated heterocycles. The predicted molar refractivity (Wildman–Crippen MR) is 88.1 cm³/mol. The second-order valence-electron chi connectivity index (χ2n) is 5.00. The van der Waals surface area contributed by atoms with Crippen molar-refractivity contribution in [1.82, 2.24) is 4.31 Å². The topological polar surface area (TPSA) is 75.7 Å². The van der Waals surface area contributed by atoms with Gasteiger partial charge in [-0.2, -0.15) is 16.9 Å². The zero-order chi connectivity index (χ0) is 16.2. The minimum atomic E-state index is -3.55. The lowest BCUT2D eigenvalue weighted by atomic mass is 10.3. The summed E-state index contributed by atoms with van der Waals surface area (Å²) in [6, 6.07) is 4.57. The van der Waals surface area contributed by atoms with E-state index in [1.807, 2.05) is 0 Å². The molecule has 1 fully saturated rings. The Hall–Kier alpha value is -1.25. The number of anilines is 1. The summed E-state index contributed by atoms with van der Waals surface area (Å²) in [5, 5.41) is 2.69. The average Bonchev–Trinajstić information content (AvgIpc) is 3.02. The van der Waals surface area contributed by atoms with Crippen molar-refractivity contribution in [2.45, 2.75) is 24.2 Å². The molecule has 1 aliphatic heterocycles. The fraction of sp³-hybridized carbons (Fsp3) is 0.500. The number of methoxy groups -OCH3 is 1. The number of benzene rings is 1. The van der Waals surface area contributed by atoms with E-state index in [1.54, 1.807) is 6.07 Å². The van der Waals surface area contributed by atoms with Gasteiger partial charge in [0.1, 0.15) is 10.6 Å². The molecule has 0 unspecified atom stereocenters. The van der Waals surface area contributed by atoms with Crippen molar-refractivity contribution in [3.8, 4) is 5.75 Å². The Kier molecular flexibility index (Phi) is 5.71. The Morgan fingerprint density at radius 2 is 2.05 bits per heavy atom. The van der Waals surface area contributed by atoms with Crippen LogP contribution in [0, 0.1) is 0 Å². The molecule has 1 heterocycles. The second kappa shape index (κ2) is 7.34. The van der Waals surface area contributed by atoms with Gasteiger partial charge < -0.3 is 10.1 Å². The minimum Gasteiger partial charge on any atom is -0.495 e. The Balaban J connectivity index is 2.27. The first kappa shape index (κ1) is 17.1. The van der Waals surface area contributed by atoms with Crippen molar-refractivity contribution >= 4 is 34.2 Å². The van der Waals surface area contributed by atoms with Gasteiger partial charge in [-0.1, -0.05) is 0 Å². The smallest absolute Gasteiger partial charge is 0.246 e. The molecule has 1 aliphatic rings. The molecule has 122 valence electrons. The number of carbonyl (C=O) groups is 1. The zero-order valence-corrected chi connectivity index (χ0v) is 14.1. The van der Waals surface area contributed by atoms with E-state index in [0.29, 0.717) is 31.0 Å². The van der Waals surface area contributed by atoms with Crippen LogP contribution in [0.4, 0.5) is 5.69 Å². The van der Waals surface area contributed by atoms with E-state index in [9.17, 15) is 13.2 Å². The lowest BCUT2D eigenvalue weighted by Crippen LogP contribution is -2.28. The molecule has 22 heavy (non-hydrogen) atoms. The summed E-state index contributed by atoms with van der Waals surface area (Å²) in [6.45, 7) is 1.07. The molecule has 1 N–H and O–H groups in total. The van der Waals surface area contributed by atoms with Crippen molar-refractivity contribution < 1.29 is 17.9 Å². The van der Waals surface area contributed by atoms with Gasteiger partial charge in [-0.25, -0.2) is 8.42 Å². The first-order valence-corrected chi connectivity index (χ1v) is 9.15. The number of hydrogen-bond donors (Lipinski definition) is 2. The van der Waals surface area contributed by atoms with Crippen LogP contribution in [-0.4, -0.2) is 44.6 Å². The highest BCUT2D eigenvalue weighted by Gasteiger charge is 2.30. The minimum absolute atomic E-state index is 0.129. The highest BCUT2D eigenvalue weighted by molar-refractivity contribution is 7.89. The Bertz CT molecular complexity index is 640. The summed E-state index contributed by atoms with van der Waals surface area (Å²) in [5.74, 6) is 0.507. The number of amides is 1. The van der Waals surface area contributed by atoms with E-state index < -0.39 is 10.0 Å². The van der Waals surface area contributed by atoms with Crippen LogP contribution in [-0.2, 0) is 14.8 Å². The maximum absolute atomic E-state index is 12.6. The second-order valence-corrected chi connectivity index (χ2v) is 7.35. The lowest BCUT2D eigenvalue weighted by molar-refractivity contribution is -0.115. The molecule has 1 amide bonds. The molecular weight excluding hydrogens is 324 g/mol. The van der Waals surface area contributed by atoms with Crippen LogP contribution in [0.5, 0.6) is 5.75 Å². The monoisotopic (exact) mass is 344 g/mol. The van der Waals surface area contributed by atoms with Gasteiger partial charge in [0.25, 0.3) is 0 Å².